The Bertz CT molecular complexity index is 588. The largest absolute Gasteiger partial charge is 0.476 e. The normalized spacial score (nSPS) is 10.3. The quantitative estimate of drug-likeness (QED) is 0.906. The van der Waals surface area contributed by atoms with Gasteiger partial charge < -0.3 is 10.4 Å². The second-order valence-corrected chi connectivity index (χ2v) is 4.71. The molecule has 2 N–H and O–H groups in total. The maximum atomic E-state index is 12.9. The molecule has 0 bridgehead atoms. The van der Waals surface area contributed by atoms with Crippen LogP contribution in [0.3, 0.4) is 0 Å². The molecule has 0 aliphatic carbocycles. The number of aromatic nitrogens is 1. The fourth-order valence-corrected chi connectivity index (χ4v) is 2.17. The molecule has 2 aromatic rings. The minimum Gasteiger partial charge on any atom is -0.476 e. The molecule has 1 heterocycles. The van der Waals surface area contributed by atoms with Crippen molar-refractivity contribution in [3.63, 3.8) is 0 Å². The fourth-order valence-electron chi connectivity index (χ4n) is 1.28. The molecule has 0 radical (unpaired) electrons. The summed E-state index contributed by atoms with van der Waals surface area (Å²) < 4.78 is 12.9. The van der Waals surface area contributed by atoms with Gasteiger partial charge in [0.15, 0.2) is 10.8 Å². The van der Waals surface area contributed by atoms with Crippen molar-refractivity contribution in [3.05, 3.63) is 45.7 Å². The van der Waals surface area contributed by atoms with Crippen molar-refractivity contribution in [2.75, 3.05) is 5.32 Å². The predicted molar refractivity (Wildman–Crippen MR) is 67.8 cm³/mol. The van der Waals surface area contributed by atoms with E-state index in [0.717, 1.165) is 5.56 Å². The highest BCUT2D eigenvalue weighted by molar-refractivity contribution is 7.13. The van der Waals surface area contributed by atoms with Crippen LogP contribution in [0.5, 0.6) is 0 Å². The first-order valence-corrected chi connectivity index (χ1v) is 6.18. The van der Waals surface area contributed by atoms with Crippen molar-refractivity contribution in [2.24, 2.45) is 0 Å². The number of rotatable bonds is 4. The van der Waals surface area contributed by atoms with Crippen molar-refractivity contribution in [1.29, 1.82) is 0 Å². The van der Waals surface area contributed by atoms with Crippen LogP contribution in [-0.2, 0) is 6.54 Å². The summed E-state index contributed by atoms with van der Waals surface area (Å²) in [6.45, 7) is 0.395. The van der Waals surface area contributed by atoms with Crippen LogP contribution in [0.25, 0.3) is 0 Å². The van der Waals surface area contributed by atoms with Crippen LogP contribution in [-0.4, -0.2) is 16.1 Å². The third-order valence-corrected chi connectivity index (χ3v) is 3.24. The maximum Gasteiger partial charge on any atom is 0.355 e. The van der Waals surface area contributed by atoms with Crippen molar-refractivity contribution in [2.45, 2.75) is 6.54 Å². The summed E-state index contributed by atoms with van der Waals surface area (Å²) >= 11 is 6.84. The van der Waals surface area contributed by atoms with Crippen LogP contribution in [0, 0.1) is 5.82 Å². The first-order valence-electron chi connectivity index (χ1n) is 4.93. The number of nitrogens with one attached hydrogen (secondary N) is 1. The van der Waals surface area contributed by atoms with E-state index in [0.29, 0.717) is 11.7 Å². The zero-order chi connectivity index (χ0) is 13.1. The number of anilines is 1. The first-order chi connectivity index (χ1) is 8.56. The molecule has 0 saturated carbocycles. The molecule has 0 aliphatic rings. The van der Waals surface area contributed by atoms with Gasteiger partial charge in [-0.05, 0) is 17.7 Å². The van der Waals surface area contributed by atoms with Gasteiger partial charge >= 0.3 is 5.97 Å². The monoisotopic (exact) mass is 286 g/mol. The predicted octanol–water partition coefficient (Wildman–Crippen LogP) is 3.25. The van der Waals surface area contributed by atoms with E-state index in [-0.39, 0.29) is 10.7 Å². The molecular formula is C11H8ClFN2O2S. The van der Waals surface area contributed by atoms with E-state index in [1.807, 2.05) is 0 Å². The Morgan fingerprint density at radius 1 is 1.56 bits per heavy atom. The Hall–Kier alpha value is -1.66. The van der Waals surface area contributed by atoms with Crippen LogP contribution in [0.2, 0.25) is 5.02 Å². The second kappa shape index (κ2) is 5.32. The van der Waals surface area contributed by atoms with Gasteiger partial charge in [0.1, 0.15) is 5.82 Å². The number of aromatic carboxylic acids is 1. The Balaban J connectivity index is 2.02. The number of carboxylic acid groups (broad SMARTS) is 1. The van der Waals surface area contributed by atoms with Gasteiger partial charge in [-0.1, -0.05) is 17.7 Å². The van der Waals surface area contributed by atoms with Crippen LogP contribution < -0.4 is 5.32 Å². The number of carbonyl (C=O) groups is 1. The molecule has 1 aromatic carbocycles. The molecule has 7 heteroatoms. The number of benzene rings is 1. The van der Waals surface area contributed by atoms with Crippen molar-refractivity contribution in [3.8, 4) is 0 Å². The summed E-state index contributed by atoms with van der Waals surface area (Å²) in [6, 6.07) is 4.39. The number of hydrogen-bond acceptors (Lipinski definition) is 4. The van der Waals surface area contributed by atoms with Gasteiger partial charge in [-0.3, -0.25) is 0 Å². The molecule has 0 unspecified atom stereocenters. The lowest BCUT2D eigenvalue weighted by molar-refractivity contribution is 0.0691. The highest BCUT2D eigenvalue weighted by atomic mass is 35.5. The van der Waals surface area contributed by atoms with Gasteiger partial charge in [0.25, 0.3) is 0 Å². The van der Waals surface area contributed by atoms with Crippen molar-refractivity contribution < 1.29 is 14.3 Å². The smallest absolute Gasteiger partial charge is 0.355 e. The van der Waals surface area contributed by atoms with Gasteiger partial charge in [-0.15, -0.1) is 11.3 Å². The fraction of sp³-hybridized carbons (Fsp3) is 0.0909. The minimum atomic E-state index is -1.07. The number of nitrogens with zero attached hydrogens (tertiary/aromatic N) is 1. The van der Waals surface area contributed by atoms with Gasteiger partial charge in [0.2, 0.25) is 0 Å². The van der Waals surface area contributed by atoms with Gasteiger partial charge in [0, 0.05) is 11.9 Å². The molecule has 0 spiro atoms. The van der Waals surface area contributed by atoms with Crippen LogP contribution in [0.1, 0.15) is 16.1 Å². The van der Waals surface area contributed by atoms with Crippen LogP contribution in [0.4, 0.5) is 9.52 Å². The molecule has 2 rings (SSSR count). The molecule has 94 valence electrons. The Labute approximate surface area is 111 Å². The Morgan fingerprint density at radius 3 is 2.94 bits per heavy atom. The van der Waals surface area contributed by atoms with E-state index in [1.54, 1.807) is 6.07 Å². The zero-order valence-electron chi connectivity index (χ0n) is 8.98. The zero-order valence-corrected chi connectivity index (χ0v) is 10.6. The number of halogens is 2. The van der Waals surface area contributed by atoms with Gasteiger partial charge in [-0.25, -0.2) is 14.2 Å². The van der Waals surface area contributed by atoms with E-state index in [4.69, 9.17) is 16.7 Å². The number of carboxylic acids is 1. The lowest BCUT2D eigenvalue weighted by Crippen LogP contribution is -2.01. The lowest BCUT2D eigenvalue weighted by atomic mass is 10.2. The Kier molecular flexibility index (Phi) is 3.78. The Morgan fingerprint density at radius 2 is 2.33 bits per heavy atom. The lowest BCUT2D eigenvalue weighted by Gasteiger charge is -2.03. The summed E-state index contributed by atoms with van der Waals surface area (Å²) in [7, 11) is 0. The number of hydrogen-bond donors (Lipinski definition) is 2. The highest BCUT2D eigenvalue weighted by Crippen LogP contribution is 2.19. The third kappa shape index (κ3) is 2.96. The van der Waals surface area contributed by atoms with Crippen LogP contribution >= 0.6 is 22.9 Å². The summed E-state index contributed by atoms with van der Waals surface area (Å²) in [5.74, 6) is -1.54. The summed E-state index contributed by atoms with van der Waals surface area (Å²) in [5.41, 5.74) is 0.785. The highest BCUT2D eigenvalue weighted by Gasteiger charge is 2.08. The van der Waals surface area contributed by atoms with E-state index >= 15 is 0 Å². The average molecular weight is 287 g/mol. The first kappa shape index (κ1) is 12.8. The van der Waals surface area contributed by atoms with E-state index in [9.17, 15) is 9.18 Å². The second-order valence-electron chi connectivity index (χ2n) is 3.45. The van der Waals surface area contributed by atoms with Crippen molar-refractivity contribution in [1.82, 2.24) is 4.98 Å². The van der Waals surface area contributed by atoms with Crippen molar-refractivity contribution >= 4 is 34.0 Å². The summed E-state index contributed by atoms with van der Waals surface area (Å²) in [6.07, 6.45) is 0. The molecule has 0 saturated heterocycles. The van der Waals surface area contributed by atoms with Gasteiger partial charge in [0.05, 0.1) is 5.02 Å². The molecule has 0 fully saturated rings. The molecular weight excluding hydrogens is 279 g/mol. The summed E-state index contributed by atoms with van der Waals surface area (Å²) in [5, 5.41) is 13.6. The molecule has 18 heavy (non-hydrogen) atoms. The molecule has 0 amide bonds. The summed E-state index contributed by atoms with van der Waals surface area (Å²) in [4.78, 5) is 14.5. The number of thiazole rings is 1. The standard InChI is InChI=1S/C11H8ClFN2O2S/c12-7-3-6(1-2-8(7)13)4-14-11-15-9(5-18-11)10(16)17/h1-3,5H,4H2,(H,14,15)(H,16,17). The molecule has 4 nitrogen and oxygen atoms in total. The van der Waals surface area contributed by atoms with E-state index in [2.05, 4.69) is 10.3 Å². The molecule has 1 aromatic heterocycles. The van der Waals surface area contributed by atoms with E-state index in [1.165, 1.54) is 28.8 Å². The SMILES string of the molecule is O=C(O)c1csc(NCc2ccc(F)c(Cl)c2)n1. The van der Waals surface area contributed by atoms with E-state index < -0.39 is 11.8 Å². The maximum absolute atomic E-state index is 12.9. The molecule has 0 aliphatic heterocycles. The van der Waals surface area contributed by atoms with Gasteiger partial charge in [-0.2, -0.15) is 0 Å². The average Bonchev–Trinajstić information content (AvgIpc) is 2.79. The minimum absolute atomic E-state index is 0.000335. The third-order valence-electron chi connectivity index (χ3n) is 2.15. The topological polar surface area (TPSA) is 62.2 Å². The molecule has 0 atom stereocenters. The van der Waals surface area contributed by atoms with Crippen LogP contribution in [0.15, 0.2) is 23.6 Å².